The predicted octanol–water partition coefficient (Wildman–Crippen LogP) is 3.68. The van der Waals surface area contributed by atoms with Crippen molar-refractivity contribution in [2.45, 2.75) is 51.9 Å². The van der Waals surface area contributed by atoms with Crippen molar-refractivity contribution in [2.75, 3.05) is 10.6 Å². The van der Waals surface area contributed by atoms with Gasteiger partial charge in [0.05, 0.1) is 5.41 Å². The molecule has 1 saturated carbocycles. The van der Waals surface area contributed by atoms with Gasteiger partial charge in [-0.25, -0.2) is 0 Å². The molecule has 2 amide bonds. The summed E-state index contributed by atoms with van der Waals surface area (Å²) in [6.45, 7) is 5.83. The normalized spacial score (nSPS) is 21.3. The summed E-state index contributed by atoms with van der Waals surface area (Å²) >= 11 is 0. The number of carbonyl (C=O) groups is 2. The van der Waals surface area contributed by atoms with Gasteiger partial charge in [-0.05, 0) is 56.4 Å². The van der Waals surface area contributed by atoms with Gasteiger partial charge in [-0.2, -0.15) is 0 Å². The molecule has 0 spiro atoms. The Morgan fingerprint density at radius 3 is 2.68 bits per heavy atom. The number of hydrogen-bond donors (Lipinski definition) is 2. The zero-order valence-corrected chi connectivity index (χ0v) is 13.5. The number of nitrogens with one attached hydrogen (secondary N) is 2. The van der Waals surface area contributed by atoms with Crippen LogP contribution < -0.4 is 10.6 Å². The highest BCUT2D eigenvalue weighted by molar-refractivity contribution is 6.06. The summed E-state index contributed by atoms with van der Waals surface area (Å²) in [6.07, 6.45) is 4.79. The minimum Gasteiger partial charge on any atom is -0.326 e. The molecule has 1 fully saturated rings. The van der Waals surface area contributed by atoms with Crippen LogP contribution in [0.15, 0.2) is 18.2 Å². The van der Waals surface area contributed by atoms with Crippen LogP contribution >= 0.6 is 0 Å². The van der Waals surface area contributed by atoms with E-state index >= 15 is 0 Å². The molecular weight excluding hydrogens is 276 g/mol. The summed E-state index contributed by atoms with van der Waals surface area (Å²) in [4.78, 5) is 24.4. The van der Waals surface area contributed by atoms with E-state index in [1.807, 2.05) is 39.0 Å². The molecule has 0 aromatic heterocycles. The van der Waals surface area contributed by atoms with Crippen LogP contribution in [-0.4, -0.2) is 11.8 Å². The molecule has 2 aliphatic rings. The molecule has 1 atom stereocenters. The summed E-state index contributed by atoms with van der Waals surface area (Å²) in [5.74, 6) is 0.643. The first-order valence-electron chi connectivity index (χ1n) is 8.16. The van der Waals surface area contributed by atoms with Gasteiger partial charge >= 0.3 is 0 Å². The molecule has 0 saturated heterocycles. The molecule has 4 heteroatoms. The number of anilines is 2. The summed E-state index contributed by atoms with van der Waals surface area (Å²) in [5, 5.41) is 5.91. The number of hydrogen-bond acceptors (Lipinski definition) is 2. The second kappa shape index (κ2) is 5.41. The zero-order valence-electron chi connectivity index (χ0n) is 13.5. The quantitative estimate of drug-likeness (QED) is 0.894. The average Bonchev–Trinajstić information content (AvgIpc) is 3.08. The second-order valence-electron chi connectivity index (χ2n) is 7.16. The first kappa shape index (κ1) is 15.1. The molecule has 4 nitrogen and oxygen atoms in total. The van der Waals surface area contributed by atoms with E-state index in [0.29, 0.717) is 5.92 Å². The van der Waals surface area contributed by atoms with Gasteiger partial charge in [0.1, 0.15) is 0 Å². The lowest BCUT2D eigenvalue weighted by Crippen LogP contribution is -2.27. The van der Waals surface area contributed by atoms with Gasteiger partial charge in [-0.1, -0.05) is 19.8 Å². The van der Waals surface area contributed by atoms with Crippen molar-refractivity contribution in [2.24, 2.45) is 11.8 Å². The van der Waals surface area contributed by atoms with Crippen molar-refractivity contribution in [1.82, 2.24) is 0 Å². The molecule has 0 bridgehead atoms. The summed E-state index contributed by atoms with van der Waals surface area (Å²) in [5.41, 5.74) is 2.02. The molecule has 118 valence electrons. The third-order valence-electron chi connectivity index (χ3n) is 5.30. The fourth-order valence-electron chi connectivity index (χ4n) is 3.58. The Morgan fingerprint density at radius 2 is 2.00 bits per heavy atom. The largest absolute Gasteiger partial charge is 0.326 e. The van der Waals surface area contributed by atoms with E-state index in [0.717, 1.165) is 29.8 Å². The monoisotopic (exact) mass is 300 g/mol. The number of benzene rings is 1. The molecule has 2 N–H and O–H groups in total. The zero-order chi connectivity index (χ0) is 15.9. The minimum absolute atomic E-state index is 0.00491. The van der Waals surface area contributed by atoms with Crippen LogP contribution in [0, 0.1) is 11.8 Å². The van der Waals surface area contributed by atoms with E-state index in [1.54, 1.807) is 0 Å². The van der Waals surface area contributed by atoms with Gasteiger partial charge in [0, 0.05) is 17.3 Å². The maximum Gasteiger partial charge on any atom is 0.234 e. The van der Waals surface area contributed by atoms with Gasteiger partial charge in [-0.3, -0.25) is 9.59 Å². The van der Waals surface area contributed by atoms with E-state index in [-0.39, 0.29) is 17.7 Å². The molecule has 1 aromatic rings. The van der Waals surface area contributed by atoms with Gasteiger partial charge < -0.3 is 10.6 Å². The van der Waals surface area contributed by atoms with E-state index in [2.05, 4.69) is 10.6 Å². The van der Waals surface area contributed by atoms with E-state index in [1.165, 1.54) is 12.8 Å². The predicted molar refractivity (Wildman–Crippen MR) is 87.8 cm³/mol. The summed E-state index contributed by atoms with van der Waals surface area (Å²) in [7, 11) is 0. The lowest BCUT2D eigenvalue weighted by atomic mass is 9.86. The van der Waals surface area contributed by atoms with E-state index in [9.17, 15) is 9.59 Å². The van der Waals surface area contributed by atoms with Gasteiger partial charge in [0.25, 0.3) is 0 Å². The molecule has 3 rings (SSSR count). The van der Waals surface area contributed by atoms with Crippen molar-refractivity contribution in [3.05, 3.63) is 23.8 Å². The summed E-state index contributed by atoms with van der Waals surface area (Å²) in [6, 6.07) is 5.66. The summed E-state index contributed by atoms with van der Waals surface area (Å²) < 4.78 is 0. The molecule has 1 unspecified atom stereocenters. The van der Waals surface area contributed by atoms with Gasteiger partial charge in [-0.15, -0.1) is 0 Å². The molecule has 1 heterocycles. The minimum atomic E-state index is -0.548. The smallest absolute Gasteiger partial charge is 0.234 e. The van der Waals surface area contributed by atoms with Crippen LogP contribution in [0.2, 0.25) is 0 Å². The van der Waals surface area contributed by atoms with Crippen LogP contribution in [-0.2, 0) is 15.0 Å². The number of rotatable bonds is 3. The molecule has 1 aromatic carbocycles. The lowest BCUT2D eigenvalue weighted by molar-refractivity contribution is -0.121. The Morgan fingerprint density at radius 1 is 1.32 bits per heavy atom. The van der Waals surface area contributed by atoms with Crippen LogP contribution in [0.25, 0.3) is 0 Å². The molecule has 1 aliphatic heterocycles. The highest BCUT2D eigenvalue weighted by Crippen LogP contribution is 2.39. The third kappa shape index (κ3) is 2.51. The molecular formula is C18H24N2O2. The van der Waals surface area contributed by atoms with E-state index < -0.39 is 5.41 Å². The molecule has 1 aliphatic carbocycles. The van der Waals surface area contributed by atoms with Gasteiger partial charge in [0.2, 0.25) is 11.8 Å². The van der Waals surface area contributed by atoms with E-state index in [4.69, 9.17) is 0 Å². The van der Waals surface area contributed by atoms with Crippen molar-refractivity contribution >= 4 is 23.2 Å². The number of carbonyl (C=O) groups excluding carboxylic acids is 2. The topological polar surface area (TPSA) is 58.2 Å². The Hall–Kier alpha value is -1.84. The second-order valence-corrected chi connectivity index (χ2v) is 7.16. The maximum atomic E-state index is 12.4. The van der Waals surface area contributed by atoms with Crippen molar-refractivity contribution < 1.29 is 9.59 Å². The van der Waals surface area contributed by atoms with Crippen molar-refractivity contribution in [3.8, 4) is 0 Å². The Kier molecular flexibility index (Phi) is 3.71. The fourth-order valence-corrected chi connectivity index (χ4v) is 3.58. The van der Waals surface area contributed by atoms with Crippen LogP contribution in [0.5, 0.6) is 0 Å². The van der Waals surface area contributed by atoms with Crippen LogP contribution in [0.3, 0.4) is 0 Å². The number of fused-ring (bicyclic) bond motifs is 1. The first-order chi connectivity index (χ1) is 10.4. The molecule has 0 radical (unpaired) electrons. The van der Waals surface area contributed by atoms with Crippen molar-refractivity contribution in [1.29, 1.82) is 0 Å². The Balaban J connectivity index is 1.75. The average molecular weight is 300 g/mol. The van der Waals surface area contributed by atoms with Gasteiger partial charge in [0.15, 0.2) is 0 Å². The highest BCUT2D eigenvalue weighted by atomic mass is 16.2. The SMILES string of the molecule is CC(C(=O)Nc1ccc2c(c1)C(C)(C)C(=O)N2)C1CCCC1. The van der Waals surface area contributed by atoms with Crippen LogP contribution in [0.1, 0.15) is 52.0 Å². The third-order valence-corrected chi connectivity index (χ3v) is 5.30. The first-order valence-corrected chi connectivity index (χ1v) is 8.16. The maximum absolute atomic E-state index is 12.4. The standard InChI is InChI=1S/C18H24N2O2/c1-11(12-6-4-5-7-12)16(21)19-13-8-9-15-14(10-13)18(2,3)17(22)20-15/h8-12H,4-7H2,1-3H3,(H,19,21)(H,20,22). The Bertz CT molecular complexity index is 616. The highest BCUT2D eigenvalue weighted by Gasteiger charge is 2.38. The molecule has 22 heavy (non-hydrogen) atoms. The number of amides is 2. The Labute approximate surface area is 131 Å². The van der Waals surface area contributed by atoms with Crippen LogP contribution in [0.4, 0.5) is 11.4 Å². The van der Waals surface area contributed by atoms with Crippen molar-refractivity contribution in [3.63, 3.8) is 0 Å². The lowest BCUT2D eigenvalue weighted by Gasteiger charge is -2.19. The fraction of sp³-hybridized carbons (Fsp3) is 0.556.